The van der Waals surface area contributed by atoms with E-state index in [2.05, 4.69) is 15.6 Å². The van der Waals surface area contributed by atoms with Crippen LogP contribution in [0.15, 0.2) is 85.3 Å². The summed E-state index contributed by atoms with van der Waals surface area (Å²) >= 11 is 0. The number of hydrogen-bond acceptors (Lipinski definition) is 7. The highest BCUT2D eigenvalue weighted by Gasteiger charge is 2.39. The van der Waals surface area contributed by atoms with E-state index in [-0.39, 0.29) is 18.1 Å². The van der Waals surface area contributed by atoms with Crippen molar-refractivity contribution in [1.82, 2.24) is 19.8 Å². The highest BCUT2D eigenvalue weighted by Crippen LogP contribution is 2.28. The quantitative estimate of drug-likeness (QED) is 0.234. The standard InChI is InChI=1S/C34H38N6O5/c1-34(2,35)33(44)37-26(19-22-15-16-23-10-7-8-13-25(23)18-22)30(41)38-28-20-39(21-36-28)29(24-11-5-4-6-12-24)31(42)40-17-9-14-27(40)32(43)45-3/h4-8,10-13,15-16,18,20-21,26-27,29H,9,14,17,19,35H2,1-3H3,(H,37,44)(H,38,41). The molecule has 2 heterocycles. The van der Waals surface area contributed by atoms with Gasteiger partial charge >= 0.3 is 5.97 Å². The van der Waals surface area contributed by atoms with Crippen LogP contribution < -0.4 is 16.4 Å². The van der Waals surface area contributed by atoms with Gasteiger partial charge in [0.15, 0.2) is 5.82 Å². The number of anilines is 1. The molecule has 0 saturated carbocycles. The van der Waals surface area contributed by atoms with Gasteiger partial charge in [-0.1, -0.05) is 72.8 Å². The van der Waals surface area contributed by atoms with Crippen molar-refractivity contribution < 1.29 is 23.9 Å². The van der Waals surface area contributed by atoms with Crippen LogP contribution in [0.25, 0.3) is 10.8 Å². The number of hydrogen-bond donors (Lipinski definition) is 3. The molecule has 0 spiro atoms. The Morgan fingerprint density at radius 1 is 1.02 bits per heavy atom. The highest BCUT2D eigenvalue weighted by atomic mass is 16.5. The first kappa shape index (κ1) is 31.4. The van der Waals surface area contributed by atoms with E-state index in [1.165, 1.54) is 13.4 Å². The molecule has 0 radical (unpaired) electrons. The van der Waals surface area contributed by atoms with Gasteiger partial charge in [0.2, 0.25) is 11.8 Å². The lowest BCUT2D eigenvalue weighted by Crippen LogP contribution is -2.55. The Morgan fingerprint density at radius 2 is 1.73 bits per heavy atom. The number of nitrogens with zero attached hydrogens (tertiary/aromatic N) is 3. The van der Waals surface area contributed by atoms with E-state index in [1.807, 2.05) is 72.8 Å². The number of rotatable bonds is 10. The van der Waals surface area contributed by atoms with Crippen LogP contribution in [0.3, 0.4) is 0 Å². The number of ether oxygens (including phenoxy) is 1. The third-order valence-corrected chi connectivity index (χ3v) is 7.97. The molecule has 1 fully saturated rings. The molecule has 3 atom stereocenters. The van der Waals surface area contributed by atoms with Crippen molar-refractivity contribution in [1.29, 1.82) is 0 Å². The number of amides is 3. The van der Waals surface area contributed by atoms with Crippen LogP contribution in [0.4, 0.5) is 5.82 Å². The van der Waals surface area contributed by atoms with E-state index in [0.717, 1.165) is 16.3 Å². The van der Waals surface area contributed by atoms with E-state index in [9.17, 15) is 19.2 Å². The monoisotopic (exact) mass is 610 g/mol. The molecule has 3 unspecified atom stereocenters. The van der Waals surface area contributed by atoms with Gasteiger partial charge in [-0.05, 0) is 48.6 Å². The molecule has 1 aromatic heterocycles. The molecule has 1 saturated heterocycles. The van der Waals surface area contributed by atoms with E-state index in [4.69, 9.17) is 10.5 Å². The SMILES string of the molecule is COC(=O)C1CCCN1C(=O)C(c1ccccc1)n1cnc(NC(=O)C(Cc2ccc3ccccc3c2)NC(=O)C(C)(C)N)c1. The Labute approximate surface area is 261 Å². The van der Waals surface area contributed by atoms with Gasteiger partial charge in [-0.25, -0.2) is 9.78 Å². The second kappa shape index (κ2) is 13.3. The second-order valence-electron chi connectivity index (χ2n) is 11.9. The van der Waals surface area contributed by atoms with Gasteiger partial charge in [-0.15, -0.1) is 0 Å². The number of carbonyl (C=O) groups excluding carboxylic acids is 4. The molecule has 234 valence electrons. The summed E-state index contributed by atoms with van der Waals surface area (Å²) < 4.78 is 6.56. The number of fused-ring (bicyclic) bond motifs is 1. The summed E-state index contributed by atoms with van der Waals surface area (Å²) in [7, 11) is 1.31. The lowest BCUT2D eigenvalue weighted by atomic mass is 9.99. The van der Waals surface area contributed by atoms with Gasteiger partial charge in [0, 0.05) is 19.2 Å². The Kier molecular flexibility index (Phi) is 9.29. The Morgan fingerprint density at radius 3 is 2.44 bits per heavy atom. The third-order valence-electron chi connectivity index (χ3n) is 7.97. The average Bonchev–Trinajstić information content (AvgIpc) is 3.71. The number of nitrogens with two attached hydrogens (primary N) is 1. The zero-order valence-electron chi connectivity index (χ0n) is 25.6. The second-order valence-corrected chi connectivity index (χ2v) is 11.9. The zero-order chi connectivity index (χ0) is 32.1. The Hall–Kier alpha value is -5.03. The molecule has 4 N–H and O–H groups in total. The Balaban J connectivity index is 1.40. The fraction of sp³-hybridized carbons (Fsp3) is 0.324. The molecule has 5 rings (SSSR count). The Bertz CT molecular complexity index is 1700. The van der Waals surface area contributed by atoms with E-state index in [0.29, 0.717) is 24.9 Å². The summed E-state index contributed by atoms with van der Waals surface area (Å²) in [6.45, 7) is 3.57. The van der Waals surface area contributed by atoms with E-state index in [1.54, 1.807) is 29.5 Å². The molecule has 11 heteroatoms. The zero-order valence-corrected chi connectivity index (χ0v) is 25.6. The molecule has 0 aliphatic carbocycles. The topological polar surface area (TPSA) is 149 Å². The van der Waals surface area contributed by atoms with Gasteiger partial charge in [0.25, 0.3) is 5.91 Å². The van der Waals surface area contributed by atoms with Crippen LogP contribution in [-0.2, 0) is 30.3 Å². The molecule has 1 aliphatic heterocycles. The van der Waals surface area contributed by atoms with Crippen LogP contribution in [0.5, 0.6) is 0 Å². The maximum absolute atomic E-state index is 14.0. The van der Waals surface area contributed by atoms with Crippen LogP contribution in [0.1, 0.15) is 43.9 Å². The fourth-order valence-electron chi connectivity index (χ4n) is 5.56. The lowest BCUT2D eigenvalue weighted by Gasteiger charge is -2.28. The summed E-state index contributed by atoms with van der Waals surface area (Å²) in [6.07, 6.45) is 4.46. The van der Waals surface area contributed by atoms with Crippen molar-refractivity contribution in [2.75, 3.05) is 19.0 Å². The number of imidazole rings is 1. The lowest BCUT2D eigenvalue weighted by molar-refractivity contribution is -0.151. The third kappa shape index (κ3) is 7.21. The van der Waals surface area contributed by atoms with Gasteiger partial charge in [0.1, 0.15) is 18.1 Å². The predicted molar refractivity (Wildman–Crippen MR) is 170 cm³/mol. The van der Waals surface area contributed by atoms with Gasteiger partial charge in [-0.3, -0.25) is 14.4 Å². The minimum absolute atomic E-state index is 0.199. The summed E-state index contributed by atoms with van der Waals surface area (Å²) in [5.74, 6) is -1.50. The normalized spacial score (nSPS) is 16.2. The first-order valence-corrected chi connectivity index (χ1v) is 14.9. The number of nitrogens with one attached hydrogen (secondary N) is 2. The van der Waals surface area contributed by atoms with Gasteiger partial charge in [-0.2, -0.15) is 0 Å². The van der Waals surface area contributed by atoms with Crippen molar-refractivity contribution in [2.24, 2.45) is 5.73 Å². The molecule has 4 aromatic rings. The van der Waals surface area contributed by atoms with Crippen LogP contribution in [0, 0.1) is 0 Å². The average molecular weight is 611 g/mol. The van der Waals surface area contributed by atoms with Crippen LogP contribution in [0.2, 0.25) is 0 Å². The smallest absolute Gasteiger partial charge is 0.328 e. The van der Waals surface area contributed by atoms with Crippen LogP contribution in [-0.4, -0.2) is 69.4 Å². The highest BCUT2D eigenvalue weighted by molar-refractivity contribution is 5.98. The predicted octanol–water partition coefficient (Wildman–Crippen LogP) is 3.19. The fourth-order valence-corrected chi connectivity index (χ4v) is 5.56. The minimum Gasteiger partial charge on any atom is -0.467 e. The molecule has 0 bridgehead atoms. The molecule has 3 aromatic carbocycles. The molecular weight excluding hydrogens is 572 g/mol. The number of aromatic nitrogens is 2. The maximum Gasteiger partial charge on any atom is 0.328 e. The van der Waals surface area contributed by atoms with Crippen molar-refractivity contribution in [2.45, 2.75) is 56.8 Å². The van der Waals surface area contributed by atoms with Crippen molar-refractivity contribution >= 4 is 40.3 Å². The minimum atomic E-state index is -1.20. The molecule has 1 aliphatic rings. The summed E-state index contributed by atoms with van der Waals surface area (Å²) in [4.78, 5) is 58.8. The van der Waals surface area contributed by atoms with E-state index >= 15 is 0 Å². The first-order valence-electron chi connectivity index (χ1n) is 14.9. The number of methoxy groups -OCH3 is 1. The van der Waals surface area contributed by atoms with Crippen LogP contribution >= 0.6 is 0 Å². The van der Waals surface area contributed by atoms with Crippen molar-refractivity contribution in [3.05, 3.63) is 96.4 Å². The van der Waals surface area contributed by atoms with Gasteiger partial charge in [0.05, 0.1) is 19.0 Å². The van der Waals surface area contributed by atoms with Crippen molar-refractivity contribution in [3.63, 3.8) is 0 Å². The number of benzene rings is 3. The molecule has 11 nitrogen and oxygen atoms in total. The number of likely N-dealkylation sites (tertiary alicyclic amines) is 1. The molecule has 45 heavy (non-hydrogen) atoms. The first-order chi connectivity index (χ1) is 21.5. The number of carbonyl (C=O) groups is 4. The number of esters is 1. The summed E-state index contributed by atoms with van der Waals surface area (Å²) in [5.41, 5.74) is 6.38. The van der Waals surface area contributed by atoms with Gasteiger partial charge < -0.3 is 30.6 Å². The van der Waals surface area contributed by atoms with Crippen molar-refractivity contribution in [3.8, 4) is 0 Å². The summed E-state index contributed by atoms with van der Waals surface area (Å²) in [5, 5.41) is 7.67. The largest absolute Gasteiger partial charge is 0.467 e. The molecule has 3 amide bonds. The molecular formula is C34H38N6O5. The summed E-state index contributed by atoms with van der Waals surface area (Å²) in [6, 6.07) is 20.5. The maximum atomic E-state index is 14.0. The van der Waals surface area contributed by atoms with E-state index < -0.39 is 41.4 Å².